The van der Waals surface area contributed by atoms with Crippen molar-refractivity contribution in [3.8, 4) is 0 Å². The zero-order valence-electron chi connectivity index (χ0n) is 11.5. The van der Waals surface area contributed by atoms with Gasteiger partial charge in [-0.05, 0) is 30.7 Å². The van der Waals surface area contributed by atoms with E-state index in [2.05, 4.69) is 11.9 Å². The zero-order valence-corrected chi connectivity index (χ0v) is 12.3. The van der Waals surface area contributed by atoms with E-state index in [4.69, 9.17) is 5.41 Å². The van der Waals surface area contributed by atoms with Crippen LogP contribution in [0.1, 0.15) is 26.2 Å². The number of thiazole rings is 1. The molecule has 0 spiro atoms. The second-order valence-electron chi connectivity index (χ2n) is 4.55. The number of aromatic nitrogens is 1. The molecule has 1 N–H and O–H groups in total. The first-order valence-electron chi connectivity index (χ1n) is 6.69. The average molecular weight is 291 g/mol. The van der Waals surface area contributed by atoms with Gasteiger partial charge >= 0.3 is 0 Å². The van der Waals surface area contributed by atoms with Crippen molar-refractivity contribution < 1.29 is 4.39 Å². The Hall–Kier alpha value is -1.75. The summed E-state index contributed by atoms with van der Waals surface area (Å²) in [5.74, 6) is -0.244. The summed E-state index contributed by atoms with van der Waals surface area (Å²) in [5.41, 5.74) is 1.65. The van der Waals surface area contributed by atoms with E-state index in [1.54, 1.807) is 29.7 Å². The molecular weight excluding hydrogens is 273 g/mol. The molecule has 0 amide bonds. The molecule has 0 aliphatic rings. The molecule has 1 aromatic carbocycles. The Balaban J connectivity index is 2.13. The van der Waals surface area contributed by atoms with Gasteiger partial charge in [0.2, 0.25) is 0 Å². The quantitative estimate of drug-likeness (QED) is 0.755. The fourth-order valence-corrected chi connectivity index (χ4v) is 2.67. The smallest absolute Gasteiger partial charge is 0.189 e. The van der Waals surface area contributed by atoms with Crippen molar-refractivity contribution in [2.45, 2.75) is 26.2 Å². The van der Waals surface area contributed by atoms with Crippen LogP contribution in [0, 0.1) is 11.2 Å². The molecule has 0 radical (unpaired) electrons. The molecule has 0 aliphatic carbocycles. The van der Waals surface area contributed by atoms with E-state index in [-0.39, 0.29) is 5.82 Å². The van der Waals surface area contributed by atoms with Crippen LogP contribution < -0.4 is 4.90 Å². The Morgan fingerprint density at radius 3 is 2.65 bits per heavy atom. The number of anilines is 2. The Labute approximate surface area is 122 Å². The molecule has 0 saturated heterocycles. The number of hydrogen-bond acceptors (Lipinski definition) is 4. The molecule has 2 aromatic rings. The lowest BCUT2D eigenvalue weighted by atomic mass is 10.1. The maximum absolute atomic E-state index is 13.0. The molecule has 5 heteroatoms. The zero-order chi connectivity index (χ0) is 14.4. The summed E-state index contributed by atoms with van der Waals surface area (Å²) >= 11 is 1.55. The monoisotopic (exact) mass is 291 g/mol. The van der Waals surface area contributed by atoms with Gasteiger partial charge in [0.05, 0.1) is 0 Å². The highest BCUT2D eigenvalue weighted by Gasteiger charge is 2.12. The van der Waals surface area contributed by atoms with Crippen molar-refractivity contribution in [2.75, 3.05) is 11.4 Å². The van der Waals surface area contributed by atoms with Crippen LogP contribution in [0.25, 0.3) is 0 Å². The van der Waals surface area contributed by atoms with Crippen LogP contribution in [0.3, 0.4) is 0 Å². The third-order valence-electron chi connectivity index (χ3n) is 2.98. The van der Waals surface area contributed by atoms with E-state index in [9.17, 15) is 4.39 Å². The van der Waals surface area contributed by atoms with Crippen LogP contribution in [-0.2, 0) is 0 Å². The van der Waals surface area contributed by atoms with Crippen LogP contribution in [-0.4, -0.2) is 17.2 Å². The van der Waals surface area contributed by atoms with Crippen LogP contribution in [0.2, 0.25) is 0 Å². The minimum atomic E-state index is -0.244. The fourth-order valence-electron chi connectivity index (χ4n) is 1.98. The normalized spacial score (nSPS) is 10.5. The first-order valence-corrected chi connectivity index (χ1v) is 7.57. The number of hydrogen-bond donors (Lipinski definition) is 1. The molecule has 1 aromatic heterocycles. The summed E-state index contributed by atoms with van der Waals surface area (Å²) in [6, 6.07) is 6.40. The van der Waals surface area contributed by atoms with E-state index >= 15 is 0 Å². The number of nitrogens with one attached hydrogen (secondary N) is 1. The van der Waals surface area contributed by atoms with Crippen LogP contribution >= 0.6 is 11.3 Å². The van der Waals surface area contributed by atoms with Gasteiger partial charge in [0.25, 0.3) is 0 Å². The summed E-state index contributed by atoms with van der Waals surface area (Å²) in [5, 5.41) is 10.7. The summed E-state index contributed by atoms with van der Waals surface area (Å²) in [6.45, 7) is 2.77. The van der Waals surface area contributed by atoms with Gasteiger partial charge in [-0.25, -0.2) is 9.37 Å². The molecule has 2 rings (SSSR count). The molecule has 0 unspecified atom stereocenters. The average Bonchev–Trinajstić information content (AvgIpc) is 2.95. The molecule has 0 aliphatic heterocycles. The molecular formula is C15H18FN3S. The van der Waals surface area contributed by atoms with Crippen molar-refractivity contribution in [3.63, 3.8) is 0 Å². The van der Waals surface area contributed by atoms with E-state index in [1.165, 1.54) is 12.1 Å². The predicted molar refractivity (Wildman–Crippen MR) is 82.8 cm³/mol. The number of rotatable bonds is 7. The number of nitrogens with zero attached hydrogens (tertiary/aromatic N) is 2. The van der Waals surface area contributed by atoms with E-state index in [0.717, 1.165) is 29.4 Å². The van der Waals surface area contributed by atoms with Crippen LogP contribution in [0.4, 0.5) is 15.2 Å². The second kappa shape index (κ2) is 7.14. The lowest BCUT2D eigenvalue weighted by Gasteiger charge is -2.22. The van der Waals surface area contributed by atoms with Crippen molar-refractivity contribution in [1.29, 1.82) is 5.41 Å². The highest BCUT2D eigenvalue weighted by atomic mass is 32.1. The summed E-state index contributed by atoms with van der Waals surface area (Å²) < 4.78 is 13.0. The van der Waals surface area contributed by atoms with Gasteiger partial charge in [-0.15, -0.1) is 11.3 Å². The van der Waals surface area contributed by atoms with Crippen molar-refractivity contribution >= 4 is 27.9 Å². The van der Waals surface area contributed by atoms with E-state index in [1.807, 2.05) is 10.3 Å². The summed E-state index contributed by atoms with van der Waals surface area (Å²) in [7, 11) is 0. The highest BCUT2D eigenvalue weighted by Crippen LogP contribution is 2.27. The SMILES string of the molecule is CCCC(=N)CCN(c1ccc(F)cc1)c1nccs1. The van der Waals surface area contributed by atoms with Gasteiger partial charge in [0.15, 0.2) is 5.13 Å². The molecule has 0 bridgehead atoms. The maximum Gasteiger partial charge on any atom is 0.189 e. The number of benzene rings is 1. The second-order valence-corrected chi connectivity index (χ2v) is 5.42. The molecule has 1 heterocycles. The lowest BCUT2D eigenvalue weighted by molar-refractivity contribution is 0.627. The Kier molecular flexibility index (Phi) is 5.24. The third kappa shape index (κ3) is 3.87. The summed E-state index contributed by atoms with van der Waals surface area (Å²) in [6.07, 6.45) is 4.28. The minimum Gasteiger partial charge on any atom is -0.317 e. The molecule has 3 nitrogen and oxygen atoms in total. The molecule has 0 atom stereocenters. The molecule has 0 saturated carbocycles. The van der Waals surface area contributed by atoms with Crippen LogP contribution in [0.5, 0.6) is 0 Å². The third-order valence-corrected chi connectivity index (χ3v) is 3.77. The summed E-state index contributed by atoms with van der Waals surface area (Å²) in [4.78, 5) is 6.36. The lowest BCUT2D eigenvalue weighted by Crippen LogP contribution is -2.20. The largest absolute Gasteiger partial charge is 0.317 e. The van der Waals surface area contributed by atoms with Crippen LogP contribution in [0.15, 0.2) is 35.8 Å². The van der Waals surface area contributed by atoms with Gasteiger partial charge in [0, 0.05) is 35.9 Å². The topological polar surface area (TPSA) is 40.0 Å². The number of halogens is 1. The van der Waals surface area contributed by atoms with Gasteiger partial charge in [0.1, 0.15) is 5.82 Å². The first-order chi connectivity index (χ1) is 9.70. The minimum absolute atomic E-state index is 0.244. The van der Waals surface area contributed by atoms with Gasteiger partial charge in [-0.3, -0.25) is 0 Å². The van der Waals surface area contributed by atoms with Crippen molar-refractivity contribution in [2.24, 2.45) is 0 Å². The van der Waals surface area contributed by atoms with Crippen molar-refractivity contribution in [3.05, 3.63) is 41.7 Å². The predicted octanol–water partition coefficient (Wildman–Crippen LogP) is 4.63. The van der Waals surface area contributed by atoms with Gasteiger partial charge in [-0.2, -0.15) is 0 Å². The molecule has 0 fully saturated rings. The molecule has 106 valence electrons. The van der Waals surface area contributed by atoms with Crippen molar-refractivity contribution in [1.82, 2.24) is 4.98 Å². The Morgan fingerprint density at radius 2 is 2.05 bits per heavy atom. The fraction of sp³-hybridized carbons (Fsp3) is 0.333. The highest BCUT2D eigenvalue weighted by molar-refractivity contribution is 7.13. The van der Waals surface area contributed by atoms with Gasteiger partial charge < -0.3 is 10.3 Å². The molecule has 20 heavy (non-hydrogen) atoms. The van der Waals surface area contributed by atoms with E-state index < -0.39 is 0 Å². The standard InChI is InChI=1S/C15H18FN3S/c1-2-3-13(17)8-10-19(15-18-9-11-20-15)14-6-4-12(16)5-7-14/h4-7,9,11,17H,2-3,8,10H2,1H3. The Bertz CT molecular complexity index is 537. The first kappa shape index (κ1) is 14.7. The Morgan fingerprint density at radius 1 is 1.30 bits per heavy atom. The van der Waals surface area contributed by atoms with Gasteiger partial charge in [-0.1, -0.05) is 13.3 Å². The maximum atomic E-state index is 13.0. The van der Waals surface area contributed by atoms with E-state index in [0.29, 0.717) is 13.0 Å².